The molecule has 1 N–H and O–H groups in total. The van der Waals surface area contributed by atoms with Gasteiger partial charge >= 0.3 is 6.09 Å². The number of hydrogen-bond acceptors (Lipinski definition) is 5. The summed E-state index contributed by atoms with van der Waals surface area (Å²) in [7, 11) is 0. The minimum absolute atomic E-state index is 0.0169. The molecule has 126 valence electrons. The van der Waals surface area contributed by atoms with Crippen molar-refractivity contribution in [2.45, 2.75) is 38.8 Å². The number of nitrogens with zero attached hydrogens (tertiary/aromatic N) is 2. The second-order valence-corrected chi connectivity index (χ2v) is 6.89. The molecule has 1 aromatic rings. The highest BCUT2D eigenvalue weighted by molar-refractivity contribution is 6.32. The van der Waals surface area contributed by atoms with Crippen LogP contribution in [0.3, 0.4) is 0 Å². The molecule has 1 aliphatic rings. The maximum Gasteiger partial charge on any atom is 0.410 e. The van der Waals surface area contributed by atoms with Crippen LogP contribution in [0.25, 0.3) is 0 Å². The number of amides is 1. The van der Waals surface area contributed by atoms with E-state index in [1.54, 1.807) is 11.0 Å². The van der Waals surface area contributed by atoms with E-state index in [-0.39, 0.29) is 22.8 Å². The number of nitrogens with one attached hydrogen (secondary N) is 1. The van der Waals surface area contributed by atoms with Gasteiger partial charge in [0.05, 0.1) is 4.92 Å². The Balaban J connectivity index is 1.97. The Labute approximate surface area is 139 Å². The van der Waals surface area contributed by atoms with Gasteiger partial charge in [0.25, 0.3) is 5.69 Å². The number of carbonyl (C=O) groups excluding carboxylic acids is 1. The lowest BCUT2D eigenvalue weighted by Gasteiger charge is -2.24. The van der Waals surface area contributed by atoms with Gasteiger partial charge in [-0.1, -0.05) is 11.6 Å². The van der Waals surface area contributed by atoms with Gasteiger partial charge in [-0.15, -0.1) is 0 Å². The summed E-state index contributed by atoms with van der Waals surface area (Å²) in [6, 6.07) is 4.59. The Hall–Kier alpha value is -2.02. The van der Waals surface area contributed by atoms with E-state index in [1.165, 1.54) is 12.1 Å². The molecule has 2 rings (SSSR count). The van der Waals surface area contributed by atoms with Crippen LogP contribution in [0.4, 0.5) is 16.2 Å². The highest BCUT2D eigenvalue weighted by Gasteiger charge is 2.30. The molecule has 1 fully saturated rings. The smallest absolute Gasteiger partial charge is 0.410 e. The van der Waals surface area contributed by atoms with E-state index in [0.717, 1.165) is 6.42 Å². The maximum atomic E-state index is 12.0. The van der Waals surface area contributed by atoms with Crippen molar-refractivity contribution in [2.24, 2.45) is 0 Å². The predicted molar refractivity (Wildman–Crippen MR) is 87.9 cm³/mol. The topological polar surface area (TPSA) is 84.7 Å². The van der Waals surface area contributed by atoms with E-state index in [1.807, 2.05) is 20.8 Å². The van der Waals surface area contributed by atoms with Crippen LogP contribution in [0, 0.1) is 10.1 Å². The molecule has 23 heavy (non-hydrogen) atoms. The van der Waals surface area contributed by atoms with E-state index >= 15 is 0 Å². The molecule has 1 heterocycles. The van der Waals surface area contributed by atoms with Gasteiger partial charge in [-0.25, -0.2) is 4.79 Å². The summed E-state index contributed by atoms with van der Waals surface area (Å²) in [6.45, 7) is 6.55. The summed E-state index contributed by atoms with van der Waals surface area (Å²) in [4.78, 5) is 24.0. The van der Waals surface area contributed by atoms with Crippen LogP contribution < -0.4 is 5.32 Å². The van der Waals surface area contributed by atoms with Gasteiger partial charge in [0.2, 0.25) is 0 Å². The fourth-order valence-corrected chi connectivity index (χ4v) is 2.54. The zero-order valence-electron chi connectivity index (χ0n) is 13.3. The van der Waals surface area contributed by atoms with E-state index in [4.69, 9.17) is 16.3 Å². The fourth-order valence-electron chi connectivity index (χ4n) is 2.35. The molecule has 1 saturated heterocycles. The molecule has 0 spiro atoms. The fraction of sp³-hybridized carbons (Fsp3) is 0.533. The standard InChI is InChI=1S/C15H20ClN3O4/c1-15(2,3)23-14(20)18-7-6-11(9-18)17-10-4-5-12(16)13(8-10)19(21)22/h4-5,8,11,17H,6-7,9H2,1-3H3. The number of benzene rings is 1. The van der Waals surface area contributed by atoms with Crippen molar-refractivity contribution in [2.75, 3.05) is 18.4 Å². The third kappa shape index (κ3) is 4.72. The van der Waals surface area contributed by atoms with Crippen LogP contribution in [0.15, 0.2) is 18.2 Å². The van der Waals surface area contributed by atoms with Crippen LogP contribution in [-0.4, -0.2) is 40.6 Å². The first-order chi connectivity index (χ1) is 10.7. The number of nitro benzene ring substituents is 1. The quantitative estimate of drug-likeness (QED) is 0.669. The van der Waals surface area contributed by atoms with Gasteiger partial charge < -0.3 is 15.0 Å². The van der Waals surface area contributed by atoms with Crippen LogP contribution in [-0.2, 0) is 4.74 Å². The molecule has 0 radical (unpaired) electrons. The summed E-state index contributed by atoms with van der Waals surface area (Å²) in [5.41, 5.74) is -0.0600. The van der Waals surface area contributed by atoms with Crippen molar-refractivity contribution in [3.8, 4) is 0 Å². The van der Waals surface area contributed by atoms with Crippen LogP contribution in [0.2, 0.25) is 5.02 Å². The van der Waals surface area contributed by atoms with Gasteiger partial charge in [0.1, 0.15) is 10.6 Å². The first-order valence-corrected chi connectivity index (χ1v) is 7.72. The molecular weight excluding hydrogens is 322 g/mol. The van der Waals surface area contributed by atoms with Crippen molar-refractivity contribution in [3.05, 3.63) is 33.3 Å². The lowest BCUT2D eigenvalue weighted by Crippen LogP contribution is -2.36. The molecule has 8 heteroatoms. The normalized spacial score (nSPS) is 17.9. The first kappa shape index (κ1) is 17.3. The Morgan fingerprint density at radius 2 is 2.17 bits per heavy atom. The minimum atomic E-state index is -0.528. The Morgan fingerprint density at radius 3 is 2.78 bits per heavy atom. The second kappa shape index (κ2) is 6.62. The molecule has 7 nitrogen and oxygen atoms in total. The Bertz CT molecular complexity index is 615. The van der Waals surface area contributed by atoms with Crippen molar-refractivity contribution >= 4 is 29.1 Å². The SMILES string of the molecule is CC(C)(C)OC(=O)N1CCC(Nc2ccc(Cl)c([N+](=O)[O-])c2)C1. The van der Waals surface area contributed by atoms with Gasteiger partial charge in [-0.3, -0.25) is 10.1 Å². The highest BCUT2D eigenvalue weighted by atomic mass is 35.5. The molecule has 0 saturated carbocycles. The van der Waals surface area contributed by atoms with E-state index in [2.05, 4.69) is 5.32 Å². The Morgan fingerprint density at radius 1 is 1.48 bits per heavy atom. The van der Waals surface area contributed by atoms with Gasteiger partial charge in [0.15, 0.2) is 0 Å². The summed E-state index contributed by atoms with van der Waals surface area (Å²) in [5, 5.41) is 14.2. The summed E-state index contributed by atoms with van der Waals surface area (Å²) >= 11 is 5.80. The lowest BCUT2D eigenvalue weighted by molar-refractivity contribution is -0.384. The number of nitro groups is 1. The molecule has 0 aliphatic carbocycles. The number of carbonyl (C=O) groups is 1. The number of anilines is 1. The van der Waals surface area contributed by atoms with E-state index in [9.17, 15) is 14.9 Å². The molecule has 1 aromatic carbocycles. The van der Waals surface area contributed by atoms with Crippen molar-refractivity contribution in [1.82, 2.24) is 4.90 Å². The van der Waals surface area contributed by atoms with Gasteiger partial charge in [0, 0.05) is 30.9 Å². The largest absolute Gasteiger partial charge is 0.444 e. The molecule has 0 aromatic heterocycles. The van der Waals surface area contributed by atoms with Crippen molar-refractivity contribution < 1.29 is 14.5 Å². The zero-order chi connectivity index (χ0) is 17.2. The first-order valence-electron chi connectivity index (χ1n) is 7.34. The average molecular weight is 342 g/mol. The summed E-state index contributed by atoms with van der Waals surface area (Å²) in [5.74, 6) is 0. The number of hydrogen-bond donors (Lipinski definition) is 1. The molecule has 1 atom stereocenters. The molecule has 0 bridgehead atoms. The monoisotopic (exact) mass is 341 g/mol. The average Bonchev–Trinajstić information content (AvgIpc) is 2.87. The zero-order valence-corrected chi connectivity index (χ0v) is 14.1. The molecule has 1 aliphatic heterocycles. The van der Waals surface area contributed by atoms with Gasteiger partial charge in [-0.05, 0) is 39.3 Å². The second-order valence-electron chi connectivity index (χ2n) is 6.48. The third-order valence-electron chi connectivity index (χ3n) is 3.35. The summed E-state index contributed by atoms with van der Waals surface area (Å²) < 4.78 is 5.34. The van der Waals surface area contributed by atoms with Crippen LogP contribution in [0.5, 0.6) is 0 Å². The van der Waals surface area contributed by atoms with Crippen LogP contribution in [0.1, 0.15) is 27.2 Å². The molecule has 1 unspecified atom stereocenters. The van der Waals surface area contributed by atoms with Crippen LogP contribution >= 0.6 is 11.6 Å². The predicted octanol–water partition coefficient (Wildman–Crippen LogP) is 3.67. The number of rotatable bonds is 3. The van der Waals surface area contributed by atoms with E-state index in [0.29, 0.717) is 18.8 Å². The Kier molecular flexibility index (Phi) is 4.99. The van der Waals surface area contributed by atoms with Crippen molar-refractivity contribution in [1.29, 1.82) is 0 Å². The van der Waals surface area contributed by atoms with Gasteiger partial charge in [-0.2, -0.15) is 0 Å². The maximum absolute atomic E-state index is 12.0. The lowest BCUT2D eigenvalue weighted by atomic mass is 10.2. The minimum Gasteiger partial charge on any atom is -0.444 e. The molecule has 1 amide bonds. The van der Waals surface area contributed by atoms with Crippen molar-refractivity contribution in [3.63, 3.8) is 0 Å². The number of likely N-dealkylation sites (tertiary alicyclic amines) is 1. The van der Waals surface area contributed by atoms with E-state index < -0.39 is 10.5 Å². The third-order valence-corrected chi connectivity index (χ3v) is 3.67. The number of halogens is 1. The molecular formula is C15H20ClN3O4. The summed E-state index contributed by atoms with van der Waals surface area (Å²) in [6.07, 6.45) is 0.402. The highest BCUT2D eigenvalue weighted by Crippen LogP contribution is 2.28. The number of ether oxygens (including phenoxy) is 1.